The first-order chi connectivity index (χ1) is 6.98. The molecule has 0 amide bonds. The molecule has 90 valence electrons. The summed E-state index contributed by atoms with van der Waals surface area (Å²) in [4.78, 5) is 10.5. The van der Waals surface area contributed by atoms with Gasteiger partial charge in [0.25, 0.3) is 0 Å². The molecule has 0 spiro atoms. The maximum Gasteiger partial charge on any atom is 0.303 e. The van der Waals surface area contributed by atoms with E-state index in [9.17, 15) is 4.79 Å². The Labute approximate surface area is 99.1 Å². The molecule has 0 fully saturated rings. The van der Waals surface area contributed by atoms with E-state index in [0.29, 0.717) is 26.4 Å². The van der Waals surface area contributed by atoms with Gasteiger partial charge in [-0.15, -0.1) is 0 Å². The highest BCUT2D eigenvalue weighted by Crippen LogP contribution is 2.20. The Morgan fingerprint density at radius 1 is 1.27 bits per heavy atom. The van der Waals surface area contributed by atoms with Gasteiger partial charge < -0.3 is 14.6 Å². The molecule has 0 aromatic heterocycles. The number of carbonyl (C=O) groups is 1. The summed E-state index contributed by atoms with van der Waals surface area (Å²) < 4.78 is 10.5. The highest BCUT2D eigenvalue weighted by Gasteiger charge is 2.21. The number of aliphatic carboxylic acids is 1. The van der Waals surface area contributed by atoms with Gasteiger partial charge in [-0.1, -0.05) is 29.8 Å². The molecule has 0 rings (SSSR count). The Hall–Kier alpha value is -0.130. The molecule has 0 saturated carbocycles. The third-order valence-corrected chi connectivity index (χ3v) is 2.04. The summed E-state index contributed by atoms with van der Waals surface area (Å²) in [7, 11) is 0. The van der Waals surface area contributed by atoms with Gasteiger partial charge >= 0.3 is 5.97 Å². The number of alkyl halides is 1. The van der Waals surface area contributed by atoms with Gasteiger partial charge in [0.05, 0.1) is 32.8 Å². The van der Waals surface area contributed by atoms with Crippen LogP contribution in [0, 0.1) is 5.41 Å². The molecule has 0 saturated heterocycles. The molecule has 0 unspecified atom stereocenters. The normalized spacial score (nSPS) is 11.7. The molecule has 0 aliphatic rings. The van der Waals surface area contributed by atoms with E-state index in [4.69, 9.17) is 14.6 Å². The summed E-state index contributed by atoms with van der Waals surface area (Å²) in [5.41, 5.74) is -0.318. The van der Waals surface area contributed by atoms with E-state index in [1.807, 2.05) is 13.8 Å². The first kappa shape index (κ1) is 14.9. The van der Waals surface area contributed by atoms with Crippen LogP contribution in [0.2, 0.25) is 0 Å². The van der Waals surface area contributed by atoms with Crippen molar-refractivity contribution in [2.75, 3.05) is 31.8 Å². The molecule has 0 aliphatic heterocycles. The highest BCUT2D eigenvalue weighted by atomic mass is 79.9. The van der Waals surface area contributed by atoms with Gasteiger partial charge in [-0.2, -0.15) is 0 Å². The number of carboxylic acid groups (broad SMARTS) is 1. The molecule has 0 bridgehead atoms. The SMILES string of the molecule is CC(C)(COCCOCCBr)CC(=O)O. The molecule has 4 nitrogen and oxygen atoms in total. The highest BCUT2D eigenvalue weighted by molar-refractivity contribution is 9.09. The molecule has 0 aromatic rings. The summed E-state index contributed by atoms with van der Waals surface area (Å²) in [5, 5.41) is 9.45. The Morgan fingerprint density at radius 3 is 2.40 bits per heavy atom. The van der Waals surface area contributed by atoms with E-state index in [0.717, 1.165) is 5.33 Å². The smallest absolute Gasteiger partial charge is 0.303 e. The minimum Gasteiger partial charge on any atom is -0.481 e. The van der Waals surface area contributed by atoms with Crippen LogP contribution in [0.25, 0.3) is 0 Å². The average Bonchev–Trinajstić information content (AvgIpc) is 2.08. The van der Waals surface area contributed by atoms with Gasteiger partial charge in [0.2, 0.25) is 0 Å². The second-order valence-electron chi connectivity index (χ2n) is 4.09. The van der Waals surface area contributed by atoms with Gasteiger partial charge in [0.1, 0.15) is 0 Å². The Bertz CT molecular complexity index is 182. The van der Waals surface area contributed by atoms with Gasteiger partial charge in [-0.3, -0.25) is 4.79 Å². The fourth-order valence-corrected chi connectivity index (χ4v) is 1.31. The number of halogens is 1. The van der Waals surface area contributed by atoms with Crippen molar-refractivity contribution in [3.63, 3.8) is 0 Å². The lowest BCUT2D eigenvalue weighted by atomic mass is 9.91. The summed E-state index contributed by atoms with van der Waals surface area (Å²) in [5.74, 6) is -0.792. The van der Waals surface area contributed by atoms with Crippen LogP contribution >= 0.6 is 15.9 Å². The zero-order valence-electron chi connectivity index (χ0n) is 9.29. The fourth-order valence-electron chi connectivity index (χ4n) is 1.08. The standard InChI is InChI=1S/C10H19BrO4/c1-10(2,7-9(12)13)8-15-6-5-14-4-3-11/h3-8H2,1-2H3,(H,12,13). The third-order valence-electron chi connectivity index (χ3n) is 1.72. The van der Waals surface area contributed by atoms with E-state index in [-0.39, 0.29) is 11.8 Å². The maximum absolute atomic E-state index is 10.5. The molecule has 0 aromatic carbocycles. The minimum absolute atomic E-state index is 0.120. The van der Waals surface area contributed by atoms with Crippen molar-refractivity contribution >= 4 is 21.9 Å². The van der Waals surface area contributed by atoms with Gasteiger partial charge in [0.15, 0.2) is 0 Å². The van der Waals surface area contributed by atoms with Crippen LogP contribution in [-0.2, 0) is 14.3 Å². The monoisotopic (exact) mass is 282 g/mol. The van der Waals surface area contributed by atoms with Crippen LogP contribution < -0.4 is 0 Å². The van der Waals surface area contributed by atoms with Gasteiger partial charge in [0, 0.05) is 5.33 Å². The predicted octanol–water partition coefficient (Wildman–Crippen LogP) is 1.92. The molecule has 0 atom stereocenters. The van der Waals surface area contributed by atoms with Gasteiger partial charge in [-0.05, 0) is 5.41 Å². The van der Waals surface area contributed by atoms with Crippen LogP contribution in [0.5, 0.6) is 0 Å². The van der Waals surface area contributed by atoms with Crippen molar-refractivity contribution in [2.45, 2.75) is 20.3 Å². The topological polar surface area (TPSA) is 55.8 Å². The molecular formula is C10H19BrO4. The minimum atomic E-state index is -0.792. The quantitative estimate of drug-likeness (QED) is 0.519. The van der Waals surface area contributed by atoms with E-state index in [2.05, 4.69) is 15.9 Å². The summed E-state index contributed by atoms with van der Waals surface area (Å²) in [6.07, 6.45) is 0.120. The second kappa shape index (κ2) is 8.07. The zero-order chi connectivity index (χ0) is 11.7. The summed E-state index contributed by atoms with van der Waals surface area (Å²) in [6.45, 7) is 5.92. The number of ether oxygens (including phenoxy) is 2. The van der Waals surface area contributed by atoms with Crippen LogP contribution in [0.15, 0.2) is 0 Å². The van der Waals surface area contributed by atoms with Crippen LogP contribution in [0.1, 0.15) is 20.3 Å². The number of carboxylic acids is 1. The molecular weight excluding hydrogens is 264 g/mol. The second-order valence-corrected chi connectivity index (χ2v) is 4.88. The van der Waals surface area contributed by atoms with Crippen molar-refractivity contribution in [1.82, 2.24) is 0 Å². The first-order valence-corrected chi connectivity index (χ1v) is 6.03. The first-order valence-electron chi connectivity index (χ1n) is 4.91. The predicted molar refractivity (Wildman–Crippen MR) is 61.5 cm³/mol. The molecule has 5 heteroatoms. The zero-order valence-corrected chi connectivity index (χ0v) is 10.9. The lowest BCUT2D eigenvalue weighted by molar-refractivity contribution is -0.140. The van der Waals surface area contributed by atoms with Crippen molar-refractivity contribution in [2.24, 2.45) is 5.41 Å². The largest absolute Gasteiger partial charge is 0.481 e. The van der Waals surface area contributed by atoms with E-state index >= 15 is 0 Å². The molecule has 15 heavy (non-hydrogen) atoms. The van der Waals surface area contributed by atoms with Crippen molar-refractivity contribution < 1.29 is 19.4 Å². The van der Waals surface area contributed by atoms with Crippen molar-refractivity contribution in [3.05, 3.63) is 0 Å². The van der Waals surface area contributed by atoms with E-state index in [1.165, 1.54) is 0 Å². The van der Waals surface area contributed by atoms with Gasteiger partial charge in [-0.25, -0.2) is 0 Å². The van der Waals surface area contributed by atoms with Crippen molar-refractivity contribution in [3.8, 4) is 0 Å². The van der Waals surface area contributed by atoms with Crippen molar-refractivity contribution in [1.29, 1.82) is 0 Å². The van der Waals surface area contributed by atoms with E-state index in [1.54, 1.807) is 0 Å². The Morgan fingerprint density at radius 2 is 1.87 bits per heavy atom. The maximum atomic E-state index is 10.5. The average molecular weight is 283 g/mol. The summed E-state index contributed by atoms with van der Waals surface area (Å²) >= 11 is 3.25. The third kappa shape index (κ3) is 10.2. The Balaban J connectivity index is 3.44. The lowest BCUT2D eigenvalue weighted by Gasteiger charge is -2.21. The Kier molecular flexibility index (Phi) is 8.00. The fraction of sp³-hybridized carbons (Fsp3) is 0.900. The molecule has 0 heterocycles. The number of hydrogen-bond donors (Lipinski definition) is 1. The van der Waals surface area contributed by atoms with Crippen LogP contribution in [-0.4, -0.2) is 42.8 Å². The number of hydrogen-bond acceptors (Lipinski definition) is 3. The van der Waals surface area contributed by atoms with Crippen LogP contribution in [0.4, 0.5) is 0 Å². The summed E-state index contributed by atoms with van der Waals surface area (Å²) in [6, 6.07) is 0. The molecule has 0 aliphatic carbocycles. The molecule has 0 radical (unpaired) electrons. The van der Waals surface area contributed by atoms with Crippen LogP contribution in [0.3, 0.4) is 0 Å². The lowest BCUT2D eigenvalue weighted by Crippen LogP contribution is -2.24. The van der Waals surface area contributed by atoms with E-state index < -0.39 is 5.97 Å². The number of rotatable bonds is 9. The molecule has 1 N–H and O–H groups in total.